The third-order valence-corrected chi connectivity index (χ3v) is 5.00. The zero-order valence-electron chi connectivity index (χ0n) is 13.2. The summed E-state index contributed by atoms with van der Waals surface area (Å²) in [6.07, 6.45) is 6.96. The molecule has 23 heavy (non-hydrogen) atoms. The van der Waals surface area contributed by atoms with Crippen LogP contribution in [0.5, 0.6) is 0 Å². The van der Waals surface area contributed by atoms with Crippen molar-refractivity contribution in [1.82, 2.24) is 0 Å². The van der Waals surface area contributed by atoms with E-state index in [1.165, 1.54) is 24.0 Å². The van der Waals surface area contributed by atoms with E-state index in [1.54, 1.807) is 0 Å². The highest BCUT2D eigenvalue weighted by atomic mass is 16.2. The molecule has 2 aromatic rings. The molecule has 2 atom stereocenters. The van der Waals surface area contributed by atoms with Crippen LogP contribution in [0.4, 0.5) is 5.69 Å². The highest BCUT2D eigenvalue weighted by Crippen LogP contribution is 2.48. The van der Waals surface area contributed by atoms with Crippen molar-refractivity contribution in [2.45, 2.75) is 31.7 Å². The molecule has 1 aliphatic heterocycles. The molecule has 0 unspecified atom stereocenters. The van der Waals surface area contributed by atoms with Crippen molar-refractivity contribution in [3.05, 3.63) is 77.9 Å². The van der Waals surface area contributed by atoms with Crippen molar-refractivity contribution in [2.75, 3.05) is 4.90 Å². The van der Waals surface area contributed by atoms with Gasteiger partial charge in [-0.1, -0.05) is 60.2 Å². The Labute approximate surface area is 137 Å². The summed E-state index contributed by atoms with van der Waals surface area (Å²) in [6.45, 7) is 0. The van der Waals surface area contributed by atoms with E-state index in [1.807, 2.05) is 41.3 Å². The lowest BCUT2D eigenvalue weighted by molar-refractivity contribution is -0.128. The topological polar surface area (TPSA) is 20.3 Å². The fourth-order valence-corrected chi connectivity index (χ4v) is 3.86. The molecule has 1 amide bonds. The molecule has 2 aromatic carbocycles. The van der Waals surface area contributed by atoms with Crippen LogP contribution in [0, 0.1) is 5.92 Å². The van der Waals surface area contributed by atoms with Gasteiger partial charge in [-0.25, -0.2) is 0 Å². The number of hydrogen-bond donors (Lipinski definition) is 0. The summed E-state index contributed by atoms with van der Waals surface area (Å²) in [4.78, 5) is 14.9. The first kappa shape index (κ1) is 14.3. The van der Waals surface area contributed by atoms with Crippen LogP contribution in [0.25, 0.3) is 0 Å². The minimum absolute atomic E-state index is 0.0258. The normalized spacial score (nSPS) is 24.1. The van der Waals surface area contributed by atoms with Crippen LogP contribution in [0.1, 0.15) is 37.3 Å². The number of para-hydroxylation sites is 1. The van der Waals surface area contributed by atoms with Crippen LogP contribution in [0.3, 0.4) is 0 Å². The van der Waals surface area contributed by atoms with Crippen molar-refractivity contribution >= 4 is 11.6 Å². The summed E-state index contributed by atoms with van der Waals surface area (Å²) >= 11 is 0. The highest BCUT2D eigenvalue weighted by molar-refractivity contribution is 6.05. The molecule has 1 heterocycles. The summed E-state index contributed by atoms with van der Waals surface area (Å²) in [5.74, 6) is 0.274. The lowest BCUT2D eigenvalue weighted by Gasteiger charge is -2.49. The van der Waals surface area contributed by atoms with E-state index in [-0.39, 0.29) is 17.9 Å². The van der Waals surface area contributed by atoms with Crippen LogP contribution < -0.4 is 4.90 Å². The van der Waals surface area contributed by atoms with Crippen LogP contribution in [0.15, 0.2) is 72.3 Å². The second-order valence-corrected chi connectivity index (χ2v) is 6.40. The molecule has 0 radical (unpaired) electrons. The molecular formula is C21H21NO. The van der Waals surface area contributed by atoms with Crippen molar-refractivity contribution in [3.63, 3.8) is 0 Å². The summed E-state index contributed by atoms with van der Waals surface area (Å²) in [5.41, 5.74) is 3.58. The van der Waals surface area contributed by atoms with E-state index in [0.29, 0.717) is 0 Å². The molecule has 0 spiro atoms. The highest BCUT2D eigenvalue weighted by Gasteiger charge is 2.50. The molecule has 0 saturated carbocycles. The third-order valence-electron chi connectivity index (χ3n) is 5.00. The SMILES string of the molecule is O=C1[C@H](C2=CCCCC2)[C@@H](c2ccccc2)N1c1ccccc1. The maximum Gasteiger partial charge on any atom is 0.237 e. The number of nitrogens with zero attached hydrogens (tertiary/aromatic N) is 1. The summed E-state index contributed by atoms with van der Waals surface area (Å²) in [5, 5.41) is 0. The minimum atomic E-state index is 0.0258. The number of carbonyl (C=O) groups excluding carboxylic acids is 1. The van der Waals surface area contributed by atoms with Crippen molar-refractivity contribution in [3.8, 4) is 0 Å². The van der Waals surface area contributed by atoms with Crippen LogP contribution >= 0.6 is 0 Å². The Morgan fingerprint density at radius 3 is 2.22 bits per heavy atom. The first-order valence-electron chi connectivity index (χ1n) is 8.48. The smallest absolute Gasteiger partial charge is 0.237 e. The van der Waals surface area contributed by atoms with E-state index in [2.05, 4.69) is 30.3 Å². The summed E-state index contributed by atoms with van der Waals surface area (Å²) in [6, 6.07) is 20.6. The number of amides is 1. The third kappa shape index (κ3) is 2.48. The summed E-state index contributed by atoms with van der Waals surface area (Å²) < 4.78 is 0. The fourth-order valence-electron chi connectivity index (χ4n) is 3.86. The Hall–Kier alpha value is -2.35. The molecule has 2 heteroatoms. The predicted octanol–water partition coefficient (Wildman–Crippen LogP) is 4.89. The lowest BCUT2D eigenvalue weighted by atomic mass is 9.74. The quantitative estimate of drug-likeness (QED) is 0.584. The van der Waals surface area contributed by atoms with Crippen LogP contribution in [0.2, 0.25) is 0 Å². The zero-order valence-corrected chi connectivity index (χ0v) is 13.2. The number of β-lactam (4-membered cyclic amide) rings is 1. The van der Waals surface area contributed by atoms with Gasteiger partial charge in [0.2, 0.25) is 5.91 Å². The van der Waals surface area contributed by atoms with E-state index < -0.39 is 0 Å². The Balaban J connectivity index is 1.73. The van der Waals surface area contributed by atoms with Crippen molar-refractivity contribution < 1.29 is 4.79 Å². The van der Waals surface area contributed by atoms with Gasteiger partial charge in [0.25, 0.3) is 0 Å². The number of rotatable bonds is 3. The molecule has 1 saturated heterocycles. The van der Waals surface area contributed by atoms with Gasteiger partial charge in [-0.15, -0.1) is 0 Å². The van der Waals surface area contributed by atoms with E-state index in [4.69, 9.17) is 0 Å². The molecule has 1 fully saturated rings. The van der Waals surface area contributed by atoms with Gasteiger partial charge < -0.3 is 4.90 Å². The first-order chi connectivity index (χ1) is 11.4. The number of anilines is 1. The molecule has 0 aromatic heterocycles. The van der Waals surface area contributed by atoms with E-state index in [9.17, 15) is 4.79 Å². The fraction of sp³-hybridized carbons (Fsp3) is 0.286. The van der Waals surface area contributed by atoms with E-state index in [0.717, 1.165) is 18.5 Å². The molecule has 2 aliphatic rings. The van der Waals surface area contributed by atoms with Gasteiger partial charge in [0.05, 0.1) is 12.0 Å². The number of hydrogen-bond acceptors (Lipinski definition) is 1. The van der Waals surface area contributed by atoms with Crippen LogP contribution in [-0.4, -0.2) is 5.91 Å². The van der Waals surface area contributed by atoms with Crippen molar-refractivity contribution in [2.24, 2.45) is 5.92 Å². The molecule has 0 bridgehead atoms. The monoisotopic (exact) mass is 303 g/mol. The maximum atomic E-state index is 12.9. The van der Waals surface area contributed by atoms with Crippen molar-refractivity contribution in [1.29, 1.82) is 0 Å². The Bertz CT molecular complexity index is 720. The Kier molecular flexibility index (Phi) is 3.74. The van der Waals surface area contributed by atoms with Gasteiger partial charge in [-0.05, 0) is 43.4 Å². The van der Waals surface area contributed by atoms with Gasteiger partial charge >= 0.3 is 0 Å². The zero-order chi connectivity index (χ0) is 15.6. The lowest BCUT2D eigenvalue weighted by Crippen LogP contribution is -2.56. The maximum absolute atomic E-state index is 12.9. The molecule has 0 N–H and O–H groups in total. The van der Waals surface area contributed by atoms with Gasteiger partial charge in [0, 0.05) is 5.69 Å². The van der Waals surface area contributed by atoms with Gasteiger partial charge in [-0.3, -0.25) is 4.79 Å². The number of benzene rings is 2. The molecule has 2 nitrogen and oxygen atoms in total. The second-order valence-electron chi connectivity index (χ2n) is 6.40. The minimum Gasteiger partial charge on any atom is -0.303 e. The standard InChI is InChI=1S/C21H21NO/c23-21-19(16-10-4-1-5-11-16)20(17-12-6-2-7-13-17)22(21)18-14-8-3-9-15-18/h2-3,6-10,12-15,19-20H,1,4-5,11H2/t19-,20-/m1/s1. The second kappa shape index (κ2) is 6.04. The first-order valence-corrected chi connectivity index (χ1v) is 8.48. The van der Waals surface area contributed by atoms with Gasteiger partial charge in [-0.2, -0.15) is 0 Å². The molecule has 1 aliphatic carbocycles. The predicted molar refractivity (Wildman–Crippen MR) is 93.2 cm³/mol. The van der Waals surface area contributed by atoms with E-state index >= 15 is 0 Å². The Morgan fingerprint density at radius 1 is 0.870 bits per heavy atom. The molecule has 116 valence electrons. The average Bonchev–Trinajstić information content (AvgIpc) is 2.62. The summed E-state index contributed by atoms with van der Waals surface area (Å²) in [7, 11) is 0. The largest absolute Gasteiger partial charge is 0.303 e. The van der Waals surface area contributed by atoms with Gasteiger partial charge in [0.15, 0.2) is 0 Å². The Morgan fingerprint density at radius 2 is 1.57 bits per heavy atom. The van der Waals surface area contributed by atoms with Crippen LogP contribution in [-0.2, 0) is 4.79 Å². The number of carbonyl (C=O) groups is 1. The molecule has 4 rings (SSSR count). The average molecular weight is 303 g/mol. The van der Waals surface area contributed by atoms with Gasteiger partial charge in [0.1, 0.15) is 0 Å². The number of allylic oxidation sites excluding steroid dienone is 1. The molecular weight excluding hydrogens is 282 g/mol.